The van der Waals surface area contributed by atoms with Gasteiger partial charge in [-0.3, -0.25) is 4.63 Å². The summed E-state index contributed by atoms with van der Waals surface area (Å²) in [5.74, 6) is 0. The molecule has 0 aliphatic carbocycles. The van der Waals surface area contributed by atoms with E-state index in [1.54, 1.807) is 0 Å². The van der Waals surface area contributed by atoms with Crippen LogP contribution >= 0.6 is 0 Å². The Balaban J connectivity index is 0.000000112. The number of aromatic nitrogens is 4. The molecule has 0 bridgehead atoms. The maximum atomic E-state index is 9.76. The zero-order valence-electron chi connectivity index (χ0n) is 5.32. The summed E-state index contributed by atoms with van der Waals surface area (Å²) >= 11 is 0. The molecule has 0 aliphatic rings. The van der Waals surface area contributed by atoms with Crippen molar-refractivity contribution < 1.29 is 14.2 Å². The fourth-order valence-electron chi connectivity index (χ4n) is 0.319. The van der Waals surface area contributed by atoms with E-state index in [1.165, 1.54) is 24.8 Å². The van der Waals surface area contributed by atoms with Crippen LogP contribution in [-0.4, -0.2) is 15.5 Å². The van der Waals surface area contributed by atoms with E-state index in [2.05, 4.69) is 24.7 Å². The lowest BCUT2D eigenvalue weighted by Gasteiger charge is -1.73. The number of nitrogens with zero attached hydrogens (tertiary/aromatic N) is 4. The Morgan fingerprint density at radius 1 is 1.09 bits per heavy atom. The van der Waals surface area contributed by atoms with Crippen LogP contribution in [-0.2, 0) is 0 Å². The Bertz CT molecular complexity index is 235. The average molecular weight is 156 g/mol. The summed E-state index contributed by atoms with van der Waals surface area (Å²) in [6.45, 7) is 0. The molecule has 2 heterocycles. The van der Waals surface area contributed by atoms with Gasteiger partial charge in [0, 0.05) is 5.16 Å². The van der Waals surface area contributed by atoms with Crippen LogP contribution in [0.3, 0.4) is 0 Å². The van der Waals surface area contributed by atoms with E-state index in [4.69, 9.17) is 0 Å². The van der Waals surface area contributed by atoms with Crippen LogP contribution < -0.4 is 4.90 Å². The van der Waals surface area contributed by atoms with Crippen LogP contribution in [0.2, 0.25) is 0 Å². The van der Waals surface area contributed by atoms with Crippen molar-refractivity contribution in [1.82, 2.24) is 15.5 Å². The quantitative estimate of drug-likeness (QED) is 0.472. The van der Waals surface area contributed by atoms with Crippen molar-refractivity contribution in [3.8, 4) is 0 Å². The highest BCUT2D eigenvalue weighted by Gasteiger charge is 1.78. The lowest BCUT2D eigenvalue weighted by molar-refractivity contribution is -0.802. The molecule has 0 radical (unpaired) electrons. The zero-order valence-corrected chi connectivity index (χ0v) is 5.32. The molecule has 7 heteroatoms. The highest BCUT2D eigenvalue weighted by Crippen LogP contribution is 1.62. The van der Waals surface area contributed by atoms with Gasteiger partial charge >= 0.3 is 0 Å². The fourth-order valence-corrected chi connectivity index (χ4v) is 0.319. The van der Waals surface area contributed by atoms with Crippen molar-refractivity contribution in [2.75, 3.05) is 0 Å². The van der Waals surface area contributed by atoms with Gasteiger partial charge in [0.1, 0.15) is 0 Å². The number of hydrogen-bond donors (Lipinski definition) is 0. The summed E-state index contributed by atoms with van der Waals surface area (Å²) in [7, 11) is 0. The molecule has 0 saturated heterocycles. The molecule has 2 aromatic rings. The van der Waals surface area contributed by atoms with Crippen molar-refractivity contribution >= 4 is 0 Å². The first-order chi connectivity index (χ1) is 5.39. The fraction of sp³-hybridized carbons (Fsp3) is 0. The summed E-state index contributed by atoms with van der Waals surface area (Å²) in [4.78, 5) is 0.264. The first kappa shape index (κ1) is 7.19. The van der Waals surface area contributed by atoms with Crippen molar-refractivity contribution in [3.63, 3.8) is 0 Å². The van der Waals surface area contributed by atoms with Crippen LogP contribution in [0.5, 0.6) is 0 Å². The average Bonchev–Trinajstić information content (AvgIpc) is 2.57. The molecule has 0 N–H and O–H groups in total. The van der Waals surface area contributed by atoms with Crippen LogP contribution in [0.4, 0.5) is 0 Å². The molecular weight excluding hydrogens is 152 g/mol. The summed E-state index contributed by atoms with van der Waals surface area (Å²) in [5.41, 5.74) is 0. The van der Waals surface area contributed by atoms with Crippen LogP contribution in [0.25, 0.3) is 0 Å². The monoisotopic (exact) mass is 156 g/mol. The van der Waals surface area contributed by atoms with Gasteiger partial charge in [0.05, 0.1) is 12.4 Å². The Hall–Kier alpha value is -1.92. The van der Waals surface area contributed by atoms with Gasteiger partial charge in [-0.2, -0.15) is 0 Å². The van der Waals surface area contributed by atoms with E-state index in [1.807, 2.05) is 0 Å². The smallest absolute Gasteiger partial charge is 0.205 e. The van der Waals surface area contributed by atoms with Gasteiger partial charge in [0.15, 0.2) is 6.20 Å². The molecule has 0 amide bonds. The van der Waals surface area contributed by atoms with Gasteiger partial charge in [-0.05, 0) is 4.90 Å². The summed E-state index contributed by atoms with van der Waals surface area (Å²) in [5, 5.41) is 19.3. The van der Waals surface area contributed by atoms with Crippen molar-refractivity contribution in [3.05, 3.63) is 30.0 Å². The third kappa shape index (κ3) is 2.94. The molecule has 0 aliphatic heterocycles. The van der Waals surface area contributed by atoms with Crippen molar-refractivity contribution in [1.29, 1.82) is 0 Å². The maximum Gasteiger partial charge on any atom is 0.205 e. The minimum atomic E-state index is 0.264. The Kier molecular flexibility index (Phi) is 2.61. The third-order valence-corrected chi connectivity index (χ3v) is 0.660. The predicted molar refractivity (Wildman–Crippen MR) is 29.8 cm³/mol. The molecule has 0 unspecified atom stereocenters. The maximum absolute atomic E-state index is 9.76. The lowest BCUT2D eigenvalue weighted by atomic mass is 11.0. The van der Waals surface area contributed by atoms with E-state index in [0.717, 1.165) is 0 Å². The summed E-state index contributed by atoms with van der Waals surface area (Å²) in [6, 6.07) is 0. The topological polar surface area (TPSA) is 91.9 Å². The molecule has 2 rings (SSSR count). The Morgan fingerprint density at radius 3 is 2.00 bits per heavy atom. The van der Waals surface area contributed by atoms with Crippen molar-refractivity contribution in [2.45, 2.75) is 0 Å². The van der Waals surface area contributed by atoms with Crippen molar-refractivity contribution in [2.24, 2.45) is 0 Å². The Morgan fingerprint density at radius 2 is 1.82 bits per heavy atom. The van der Waals surface area contributed by atoms with Gasteiger partial charge in [-0.15, -0.1) is 0 Å². The molecular formula is C4H4N4O3. The van der Waals surface area contributed by atoms with E-state index in [0.29, 0.717) is 0 Å². The van der Waals surface area contributed by atoms with E-state index >= 15 is 0 Å². The van der Waals surface area contributed by atoms with Gasteiger partial charge < -0.3 is 5.21 Å². The van der Waals surface area contributed by atoms with Gasteiger partial charge in [0.2, 0.25) is 6.20 Å². The predicted octanol–water partition coefficient (Wildman–Crippen LogP) is -0.622. The first-order valence-corrected chi connectivity index (χ1v) is 2.61. The second kappa shape index (κ2) is 3.99. The second-order valence-electron chi connectivity index (χ2n) is 1.36. The standard InChI is InChI=1S/C2H2N2O2.C2H2N2O/c5-4-2-1-3-6-4;1-2-4-5-3-1/h1-2H;1-2H. The minimum Gasteiger partial charge on any atom is -0.360 e. The largest absolute Gasteiger partial charge is 0.360 e. The molecule has 7 nitrogen and oxygen atoms in total. The highest BCUT2D eigenvalue weighted by molar-refractivity contribution is 4.51. The number of rotatable bonds is 0. The van der Waals surface area contributed by atoms with Gasteiger partial charge in [-0.25, -0.2) is 4.63 Å². The molecule has 0 fully saturated rings. The summed E-state index contributed by atoms with van der Waals surface area (Å²) < 4.78 is 8.03. The summed E-state index contributed by atoms with van der Waals surface area (Å²) in [6.07, 6.45) is 5.38. The highest BCUT2D eigenvalue weighted by atomic mass is 16.8. The third-order valence-electron chi connectivity index (χ3n) is 0.660. The molecule has 0 spiro atoms. The number of hydrogen-bond acceptors (Lipinski definition) is 6. The molecule has 0 aromatic carbocycles. The Labute approximate surface area is 60.7 Å². The molecule has 2 aromatic heterocycles. The normalized spacial score (nSPS) is 8.36. The second-order valence-corrected chi connectivity index (χ2v) is 1.36. The molecule has 11 heavy (non-hydrogen) atoms. The molecule has 0 saturated carbocycles. The SMILES string of the molecule is [O-][n+]1ccno1.c1cnon1. The van der Waals surface area contributed by atoms with Crippen LogP contribution in [0.1, 0.15) is 0 Å². The first-order valence-electron chi connectivity index (χ1n) is 2.61. The molecule has 58 valence electrons. The lowest BCUT2D eigenvalue weighted by Crippen LogP contribution is -2.20. The van der Waals surface area contributed by atoms with Gasteiger partial charge in [0.25, 0.3) is 0 Å². The van der Waals surface area contributed by atoms with Crippen LogP contribution in [0.15, 0.2) is 34.0 Å². The van der Waals surface area contributed by atoms with Gasteiger partial charge in [-0.1, -0.05) is 10.3 Å². The zero-order chi connectivity index (χ0) is 7.94. The van der Waals surface area contributed by atoms with E-state index in [9.17, 15) is 5.21 Å². The van der Waals surface area contributed by atoms with E-state index in [-0.39, 0.29) is 4.90 Å². The minimum absolute atomic E-state index is 0.264. The van der Waals surface area contributed by atoms with E-state index < -0.39 is 0 Å². The van der Waals surface area contributed by atoms with Crippen LogP contribution in [0, 0.1) is 5.21 Å². The molecule has 0 atom stereocenters.